The minimum atomic E-state index is 0.0701. The van der Waals surface area contributed by atoms with Gasteiger partial charge in [-0.05, 0) is 26.3 Å². The van der Waals surface area contributed by atoms with Gasteiger partial charge in [-0.15, -0.1) is 0 Å². The van der Waals surface area contributed by atoms with E-state index in [0.29, 0.717) is 0 Å². The summed E-state index contributed by atoms with van der Waals surface area (Å²) in [7, 11) is 0. The van der Waals surface area contributed by atoms with Gasteiger partial charge in [0.1, 0.15) is 0 Å². The first-order valence-corrected chi connectivity index (χ1v) is 6.01. The maximum atomic E-state index is 4.40. The van der Waals surface area contributed by atoms with Crippen molar-refractivity contribution in [2.75, 3.05) is 5.33 Å². The van der Waals surface area contributed by atoms with Gasteiger partial charge in [0.05, 0.1) is 11.7 Å². The molecule has 0 aliphatic rings. The third-order valence-electron chi connectivity index (χ3n) is 2.39. The summed E-state index contributed by atoms with van der Waals surface area (Å²) >= 11 is 3.53. The van der Waals surface area contributed by atoms with Crippen LogP contribution in [0.5, 0.6) is 0 Å². The number of hydrogen-bond acceptors (Lipinski definition) is 1. The fourth-order valence-corrected chi connectivity index (χ4v) is 1.44. The van der Waals surface area contributed by atoms with Crippen LogP contribution in [-0.4, -0.2) is 15.1 Å². The molecule has 14 heavy (non-hydrogen) atoms. The van der Waals surface area contributed by atoms with Crippen molar-refractivity contribution in [3.8, 4) is 0 Å². The molecule has 1 aromatic rings. The topological polar surface area (TPSA) is 17.8 Å². The van der Waals surface area contributed by atoms with E-state index in [0.717, 1.165) is 5.33 Å². The zero-order valence-electron chi connectivity index (χ0n) is 9.63. The summed E-state index contributed by atoms with van der Waals surface area (Å²) < 4.78 is 2.02. The molecule has 0 aromatic carbocycles. The van der Waals surface area contributed by atoms with E-state index in [2.05, 4.69) is 61.8 Å². The highest BCUT2D eigenvalue weighted by molar-refractivity contribution is 9.09. The van der Waals surface area contributed by atoms with Gasteiger partial charge in [-0.2, -0.15) is 5.10 Å². The molecular weight excluding hydrogens is 240 g/mol. The van der Waals surface area contributed by atoms with Gasteiger partial charge in [0.2, 0.25) is 0 Å². The summed E-state index contributed by atoms with van der Waals surface area (Å²) in [5.41, 5.74) is 1.51. The lowest BCUT2D eigenvalue weighted by molar-refractivity contribution is 0.354. The molecule has 0 amide bonds. The van der Waals surface area contributed by atoms with Crippen molar-refractivity contribution >= 4 is 15.9 Å². The molecule has 0 N–H and O–H groups in total. The van der Waals surface area contributed by atoms with E-state index < -0.39 is 0 Å². The number of alkyl halides is 1. The van der Waals surface area contributed by atoms with Crippen molar-refractivity contribution in [1.82, 2.24) is 9.78 Å². The second-order valence-corrected chi connectivity index (χ2v) is 5.92. The van der Waals surface area contributed by atoms with Crippen LogP contribution in [0.1, 0.15) is 40.2 Å². The highest BCUT2D eigenvalue weighted by Crippen LogP contribution is 2.26. The second kappa shape index (κ2) is 3.69. The van der Waals surface area contributed by atoms with Crippen LogP contribution in [0.15, 0.2) is 12.4 Å². The zero-order valence-corrected chi connectivity index (χ0v) is 11.2. The Morgan fingerprint density at radius 2 is 1.86 bits per heavy atom. The number of halogens is 1. The molecule has 3 heteroatoms. The largest absolute Gasteiger partial charge is 0.267 e. The smallest absolute Gasteiger partial charge is 0.0543 e. The summed E-state index contributed by atoms with van der Waals surface area (Å²) in [5, 5.41) is 5.35. The molecule has 1 aromatic heterocycles. The maximum absolute atomic E-state index is 4.40. The molecule has 0 radical (unpaired) electrons. The van der Waals surface area contributed by atoms with Crippen LogP contribution in [-0.2, 0) is 11.0 Å². The van der Waals surface area contributed by atoms with Crippen molar-refractivity contribution in [3.63, 3.8) is 0 Å². The lowest BCUT2D eigenvalue weighted by Gasteiger charge is -2.21. The molecule has 2 nitrogen and oxygen atoms in total. The Hall–Kier alpha value is -0.310. The van der Waals surface area contributed by atoms with Crippen molar-refractivity contribution in [3.05, 3.63) is 18.0 Å². The molecule has 0 aliphatic heterocycles. The number of nitrogens with zero attached hydrogens (tertiary/aromatic N) is 2. The Labute approximate surface area is 94.8 Å². The van der Waals surface area contributed by atoms with E-state index in [4.69, 9.17) is 0 Å². The summed E-state index contributed by atoms with van der Waals surface area (Å²) in [6.45, 7) is 10.9. The Kier molecular flexibility index (Phi) is 3.10. The standard InChI is InChI=1S/C11H19BrN2/c1-10(2,3)14-7-9(6-13-14)11(4,5)8-12/h6-7H,8H2,1-5H3. The van der Waals surface area contributed by atoms with Crippen molar-refractivity contribution < 1.29 is 0 Å². The monoisotopic (exact) mass is 258 g/mol. The number of rotatable bonds is 2. The minimum absolute atomic E-state index is 0.0701. The van der Waals surface area contributed by atoms with E-state index in [1.54, 1.807) is 0 Å². The Morgan fingerprint density at radius 1 is 1.29 bits per heavy atom. The molecule has 80 valence electrons. The molecule has 0 saturated carbocycles. The van der Waals surface area contributed by atoms with Crippen LogP contribution in [0.3, 0.4) is 0 Å². The van der Waals surface area contributed by atoms with Gasteiger partial charge in [0.15, 0.2) is 0 Å². The predicted molar refractivity (Wildman–Crippen MR) is 64.0 cm³/mol. The van der Waals surface area contributed by atoms with Crippen molar-refractivity contribution in [1.29, 1.82) is 0 Å². The molecule has 0 unspecified atom stereocenters. The van der Waals surface area contributed by atoms with Crippen LogP contribution >= 0.6 is 15.9 Å². The summed E-state index contributed by atoms with van der Waals surface area (Å²) in [5.74, 6) is 0. The third kappa shape index (κ3) is 2.38. The molecule has 0 saturated heterocycles. The minimum Gasteiger partial charge on any atom is -0.267 e. The van der Waals surface area contributed by atoms with Gasteiger partial charge in [-0.3, -0.25) is 4.68 Å². The Morgan fingerprint density at radius 3 is 2.21 bits per heavy atom. The predicted octanol–water partition coefficient (Wildman–Crippen LogP) is 3.31. The van der Waals surface area contributed by atoms with Crippen molar-refractivity contribution in [2.45, 2.75) is 45.6 Å². The molecule has 0 atom stereocenters. The number of aromatic nitrogens is 2. The SMILES string of the molecule is CC(C)(CBr)c1cnn(C(C)(C)C)c1. The molecule has 0 fully saturated rings. The lowest BCUT2D eigenvalue weighted by atomic mass is 9.89. The zero-order chi connectivity index (χ0) is 11.0. The summed E-state index contributed by atoms with van der Waals surface area (Å²) in [6.07, 6.45) is 4.10. The average Bonchev–Trinajstić information content (AvgIpc) is 2.51. The Bertz CT molecular complexity index is 307. The fourth-order valence-electron chi connectivity index (χ4n) is 1.12. The van der Waals surface area contributed by atoms with Gasteiger partial charge >= 0.3 is 0 Å². The highest BCUT2D eigenvalue weighted by atomic mass is 79.9. The second-order valence-electron chi connectivity index (χ2n) is 5.36. The van der Waals surface area contributed by atoms with Gasteiger partial charge in [0, 0.05) is 16.9 Å². The first kappa shape index (κ1) is 11.8. The normalized spacial score (nSPS) is 13.3. The third-order valence-corrected chi connectivity index (χ3v) is 3.79. The van der Waals surface area contributed by atoms with Crippen molar-refractivity contribution in [2.24, 2.45) is 0 Å². The van der Waals surface area contributed by atoms with Crippen LogP contribution in [0.25, 0.3) is 0 Å². The van der Waals surface area contributed by atoms with Gasteiger partial charge < -0.3 is 0 Å². The van der Waals surface area contributed by atoms with E-state index in [1.807, 2.05) is 10.9 Å². The fraction of sp³-hybridized carbons (Fsp3) is 0.727. The number of hydrogen-bond donors (Lipinski definition) is 0. The molecular formula is C11H19BrN2. The molecule has 0 bridgehead atoms. The first-order valence-electron chi connectivity index (χ1n) is 4.89. The van der Waals surface area contributed by atoms with Crippen LogP contribution < -0.4 is 0 Å². The molecule has 0 spiro atoms. The van der Waals surface area contributed by atoms with E-state index in [1.165, 1.54) is 5.56 Å². The lowest BCUT2D eigenvalue weighted by Crippen LogP contribution is -2.23. The van der Waals surface area contributed by atoms with E-state index >= 15 is 0 Å². The Balaban J connectivity index is 3.00. The van der Waals surface area contributed by atoms with Gasteiger partial charge in [-0.25, -0.2) is 0 Å². The quantitative estimate of drug-likeness (QED) is 0.745. The summed E-state index contributed by atoms with van der Waals surface area (Å²) in [4.78, 5) is 0. The van der Waals surface area contributed by atoms with Crippen LogP contribution in [0, 0.1) is 0 Å². The van der Waals surface area contributed by atoms with Crippen LogP contribution in [0.4, 0.5) is 0 Å². The average molecular weight is 259 g/mol. The first-order chi connectivity index (χ1) is 6.27. The molecule has 1 rings (SSSR count). The molecule has 0 aliphatic carbocycles. The summed E-state index contributed by atoms with van der Waals surface area (Å²) in [6, 6.07) is 0. The van der Waals surface area contributed by atoms with E-state index in [9.17, 15) is 0 Å². The molecule has 1 heterocycles. The van der Waals surface area contributed by atoms with E-state index in [-0.39, 0.29) is 11.0 Å². The van der Waals surface area contributed by atoms with Crippen LogP contribution in [0.2, 0.25) is 0 Å². The van der Waals surface area contributed by atoms with Gasteiger partial charge in [0.25, 0.3) is 0 Å². The highest BCUT2D eigenvalue weighted by Gasteiger charge is 2.23. The maximum Gasteiger partial charge on any atom is 0.0543 e. The van der Waals surface area contributed by atoms with Gasteiger partial charge in [-0.1, -0.05) is 29.8 Å².